The molecule has 1 unspecified atom stereocenters. The molecule has 2 rings (SSSR count). The summed E-state index contributed by atoms with van der Waals surface area (Å²) >= 11 is 0. The fourth-order valence-corrected chi connectivity index (χ4v) is 1.29. The lowest BCUT2D eigenvalue weighted by Gasteiger charge is -2.23. The van der Waals surface area contributed by atoms with E-state index in [0.29, 0.717) is 19.0 Å². The lowest BCUT2D eigenvalue weighted by atomic mass is 10.3. The Labute approximate surface area is 74.1 Å². The van der Waals surface area contributed by atoms with Gasteiger partial charge in [0.1, 0.15) is 6.61 Å². The third-order valence-electron chi connectivity index (χ3n) is 1.83. The zero-order valence-corrected chi connectivity index (χ0v) is 6.80. The molecule has 70 valence electrons. The zero-order valence-electron chi connectivity index (χ0n) is 6.80. The molecule has 13 heavy (non-hydrogen) atoms. The van der Waals surface area contributed by atoms with Gasteiger partial charge in [-0.3, -0.25) is 0 Å². The Balaban J connectivity index is 2.04. The van der Waals surface area contributed by atoms with Crippen LogP contribution in [0.2, 0.25) is 0 Å². The van der Waals surface area contributed by atoms with E-state index in [9.17, 15) is 4.79 Å². The minimum Gasteiger partial charge on any atom is -0.476 e. The second kappa shape index (κ2) is 2.96. The van der Waals surface area contributed by atoms with Crippen LogP contribution in [0.4, 0.5) is 4.79 Å². The minimum atomic E-state index is -1.04. The molecular weight excluding hydrogens is 174 g/mol. The summed E-state index contributed by atoms with van der Waals surface area (Å²) in [5.74, 6) is 0.684. The number of nitrogens with one attached hydrogen (secondary N) is 1. The van der Waals surface area contributed by atoms with Gasteiger partial charge >= 0.3 is 6.09 Å². The molecule has 0 bridgehead atoms. The Morgan fingerprint density at radius 1 is 1.85 bits per heavy atom. The largest absolute Gasteiger partial charge is 0.476 e. The first-order valence-electron chi connectivity index (χ1n) is 3.90. The zero-order chi connectivity index (χ0) is 9.26. The topological polar surface area (TPSA) is 76.4 Å². The molecule has 0 saturated carbocycles. The van der Waals surface area contributed by atoms with Gasteiger partial charge in [-0.15, -0.1) is 0 Å². The van der Waals surface area contributed by atoms with Crippen LogP contribution in [0.1, 0.15) is 0 Å². The van der Waals surface area contributed by atoms with Gasteiger partial charge in [-0.1, -0.05) is 0 Å². The van der Waals surface area contributed by atoms with Crippen molar-refractivity contribution in [1.82, 2.24) is 15.1 Å². The maximum atomic E-state index is 10.3. The van der Waals surface area contributed by atoms with Gasteiger partial charge in [-0.25, -0.2) is 9.48 Å². The molecular formula is C7H9N3O3. The SMILES string of the molecule is O=C(O)NC1COc2ccnn2C1. The normalized spacial score (nSPS) is 20.2. The second-order valence-corrected chi connectivity index (χ2v) is 2.81. The Hall–Kier alpha value is -1.72. The third-order valence-corrected chi connectivity index (χ3v) is 1.83. The van der Waals surface area contributed by atoms with E-state index in [1.54, 1.807) is 16.9 Å². The van der Waals surface area contributed by atoms with Crippen LogP contribution in [-0.4, -0.2) is 33.6 Å². The number of carboxylic acid groups (broad SMARTS) is 1. The van der Waals surface area contributed by atoms with Crippen LogP contribution in [0.5, 0.6) is 5.88 Å². The van der Waals surface area contributed by atoms with E-state index >= 15 is 0 Å². The molecule has 1 aromatic heterocycles. The van der Waals surface area contributed by atoms with Crippen molar-refractivity contribution in [2.75, 3.05) is 6.61 Å². The van der Waals surface area contributed by atoms with Crippen LogP contribution in [0.25, 0.3) is 0 Å². The highest BCUT2D eigenvalue weighted by Crippen LogP contribution is 2.14. The van der Waals surface area contributed by atoms with Gasteiger partial charge in [0.25, 0.3) is 0 Å². The van der Waals surface area contributed by atoms with Crippen molar-refractivity contribution in [2.45, 2.75) is 12.6 Å². The molecule has 1 aliphatic rings. The number of ether oxygens (including phenoxy) is 1. The molecule has 1 amide bonds. The molecule has 0 spiro atoms. The summed E-state index contributed by atoms with van der Waals surface area (Å²) in [7, 11) is 0. The van der Waals surface area contributed by atoms with Gasteiger partial charge in [0.05, 0.1) is 18.8 Å². The highest BCUT2D eigenvalue weighted by molar-refractivity contribution is 5.64. The minimum absolute atomic E-state index is 0.218. The van der Waals surface area contributed by atoms with Crippen LogP contribution in [0.15, 0.2) is 12.3 Å². The van der Waals surface area contributed by atoms with Gasteiger partial charge in [-0.05, 0) is 0 Å². The number of amides is 1. The van der Waals surface area contributed by atoms with E-state index in [-0.39, 0.29) is 6.04 Å². The van der Waals surface area contributed by atoms with Gasteiger partial charge in [-0.2, -0.15) is 5.10 Å². The van der Waals surface area contributed by atoms with E-state index in [4.69, 9.17) is 9.84 Å². The van der Waals surface area contributed by atoms with E-state index in [1.165, 1.54) is 0 Å². The first-order chi connectivity index (χ1) is 6.25. The van der Waals surface area contributed by atoms with Crippen LogP contribution in [0.3, 0.4) is 0 Å². The Morgan fingerprint density at radius 2 is 2.69 bits per heavy atom. The Morgan fingerprint density at radius 3 is 3.46 bits per heavy atom. The number of rotatable bonds is 1. The summed E-state index contributed by atoms with van der Waals surface area (Å²) in [5.41, 5.74) is 0. The van der Waals surface area contributed by atoms with E-state index < -0.39 is 6.09 Å². The summed E-state index contributed by atoms with van der Waals surface area (Å²) < 4.78 is 6.88. The van der Waals surface area contributed by atoms with E-state index in [2.05, 4.69) is 10.4 Å². The number of hydrogen-bond acceptors (Lipinski definition) is 3. The lowest BCUT2D eigenvalue weighted by Crippen LogP contribution is -2.44. The summed E-state index contributed by atoms with van der Waals surface area (Å²) in [4.78, 5) is 10.3. The first-order valence-corrected chi connectivity index (χ1v) is 3.90. The highest BCUT2D eigenvalue weighted by Gasteiger charge is 2.20. The van der Waals surface area contributed by atoms with Crippen molar-refractivity contribution < 1.29 is 14.6 Å². The molecule has 0 aromatic carbocycles. The Bertz CT molecular complexity index is 323. The molecule has 0 aliphatic carbocycles. The van der Waals surface area contributed by atoms with Crippen molar-refractivity contribution >= 4 is 6.09 Å². The molecule has 1 atom stereocenters. The van der Waals surface area contributed by atoms with Gasteiger partial charge in [0.15, 0.2) is 0 Å². The maximum absolute atomic E-state index is 10.3. The fourth-order valence-electron chi connectivity index (χ4n) is 1.29. The van der Waals surface area contributed by atoms with Crippen LogP contribution >= 0.6 is 0 Å². The lowest BCUT2D eigenvalue weighted by molar-refractivity contribution is 0.157. The summed E-state index contributed by atoms with van der Waals surface area (Å²) in [6.45, 7) is 0.882. The van der Waals surface area contributed by atoms with Crippen molar-refractivity contribution in [2.24, 2.45) is 0 Å². The highest BCUT2D eigenvalue weighted by atomic mass is 16.5. The Kier molecular flexibility index (Phi) is 1.80. The molecule has 0 fully saturated rings. The monoisotopic (exact) mass is 183 g/mol. The van der Waals surface area contributed by atoms with Crippen molar-refractivity contribution in [3.8, 4) is 5.88 Å². The number of nitrogens with zero attached hydrogens (tertiary/aromatic N) is 2. The number of fused-ring (bicyclic) bond motifs is 1. The molecule has 1 aliphatic heterocycles. The predicted octanol–water partition coefficient (Wildman–Crippen LogP) is -0.0883. The molecule has 6 heteroatoms. The van der Waals surface area contributed by atoms with Crippen molar-refractivity contribution in [3.63, 3.8) is 0 Å². The summed E-state index contributed by atoms with van der Waals surface area (Å²) in [6, 6.07) is 1.53. The molecule has 1 aromatic rings. The van der Waals surface area contributed by atoms with Crippen LogP contribution < -0.4 is 10.1 Å². The van der Waals surface area contributed by atoms with Crippen molar-refractivity contribution in [1.29, 1.82) is 0 Å². The molecule has 0 radical (unpaired) electrons. The number of aromatic nitrogens is 2. The summed E-state index contributed by atoms with van der Waals surface area (Å²) in [6.07, 6.45) is 0.586. The van der Waals surface area contributed by atoms with Crippen molar-refractivity contribution in [3.05, 3.63) is 12.3 Å². The fraction of sp³-hybridized carbons (Fsp3) is 0.429. The van der Waals surface area contributed by atoms with E-state index in [0.717, 1.165) is 0 Å². The molecule has 6 nitrogen and oxygen atoms in total. The molecule has 2 heterocycles. The average Bonchev–Trinajstić information content (AvgIpc) is 2.49. The molecule has 0 saturated heterocycles. The first kappa shape index (κ1) is 7.90. The predicted molar refractivity (Wildman–Crippen MR) is 42.7 cm³/mol. The van der Waals surface area contributed by atoms with Crippen LogP contribution in [0, 0.1) is 0 Å². The smallest absolute Gasteiger partial charge is 0.405 e. The average molecular weight is 183 g/mol. The van der Waals surface area contributed by atoms with Gasteiger partial charge in [0, 0.05) is 6.07 Å². The standard InChI is InChI=1S/C7H9N3O3/c11-7(12)9-5-3-10-6(13-4-5)1-2-8-10/h1-2,5,9H,3-4H2,(H,11,12). The third kappa shape index (κ3) is 1.56. The molecule has 2 N–H and O–H groups in total. The van der Waals surface area contributed by atoms with E-state index in [1.807, 2.05) is 0 Å². The maximum Gasteiger partial charge on any atom is 0.405 e. The number of hydrogen-bond donors (Lipinski definition) is 2. The quantitative estimate of drug-likeness (QED) is 0.638. The van der Waals surface area contributed by atoms with Crippen LogP contribution in [-0.2, 0) is 6.54 Å². The number of carbonyl (C=O) groups is 1. The summed E-state index contributed by atoms with van der Waals surface area (Å²) in [5, 5.41) is 14.8. The van der Waals surface area contributed by atoms with Gasteiger partial charge in [0.2, 0.25) is 5.88 Å². The van der Waals surface area contributed by atoms with Gasteiger partial charge < -0.3 is 15.2 Å². The second-order valence-electron chi connectivity index (χ2n) is 2.81.